The van der Waals surface area contributed by atoms with E-state index in [1.807, 2.05) is 24.3 Å². The first-order valence-corrected chi connectivity index (χ1v) is 8.12. The van der Waals surface area contributed by atoms with Crippen molar-refractivity contribution >= 4 is 23.2 Å². The molecule has 0 spiro atoms. The summed E-state index contributed by atoms with van der Waals surface area (Å²) < 4.78 is 5.18. The van der Waals surface area contributed by atoms with Crippen LogP contribution in [-0.2, 0) is 11.3 Å². The summed E-state index contributed by atoms with van der Waals surface area (Å²) in [4.78, 5) is 12.3. The Bertz CT molecular complexity index is 664. The molecule has 0 unspecified atom stereocenters. The van der Waals surface area contributed by atoms with E-state index >= 15 is 0 Å². The molecule has 0 saturated heterocycles. The van der Waals surface area contributed by atoms with Crippen molar-refractivity contribution in [1.29, 1.82) is 0 Å². The largest absolute Gasteiger partial charge is 0.394 e. The minimum Gasteiger partial charge on any atom is -0.394 e. The number of carbonyl (C=O) groups is 1. The Kier molecular flexibility index (Phi) is 7.71. The SMILES string of the molecule is O=C(Nc1cccc(CNCCOCCO)c1)c1ccccc1Cl. The lowest BCUT2D eigenvalue weighted by molar-refractivity contribution is 0.0938. The lowest BCUT2D eigenvalue weighted by atomic mass is 10.1. The zero-order valence-electron chi connectivity index (χ0n) is 13.3. The van der Waals surface area contributed by atoms with Crippen LogP contribution in [0.5, 0.6) is 0 Å². The highest BCUT2D eigenvalue weighted by atomic mass is 35.5. The second kappa shape index (κ2) is 10.1. The summed E-state index contributed by atoms with van der Waals surface area (Å²) in [7, 11) is 0. The van der Waals surface area contributed by atoms with Crippen LogP contribution >= 0.6 is 11.6 Å². The average Bonchev–Trinajstić information content (AvgIpc) is 2.58. The average molecular weight is 349 g/mol. The van der Waals surface area contributed by atoms with Crippen molar-refractivity contribution < 1.29 is 14.6 Å². The molecule has 0 fully saturated rings. The predicted molar refractivity (Wildman–Crippen MR) is 95.5 cm³/mol. The molecule has 24 heavy (non-hydrogen) atoms. The van der Waals surface area contributed by atoms with Crippen molar-refractivity contribution in [3.8, 4) is 0 Å². The Morgan fingerprint density at radius 3 is 2.75 bits per heavy atom. The first-order valence-electron chi connectivity index (χ1n) is 7.75. The van der Waals surface area contributed by atoms with Gasteiger partial charge >= 0.3 is 0 Å². The molecule has 0 aromatic heterocycles. The van der Waals surface area contributed by atoms with Crippen LogP contribution in [0.4, 0.5) is 5.69 Å². The highest BCUT2D eigenvalue weighted by Gasteiger charge is 2.09. The van der Waals surface area contributed by atoms with Crippen LogP contribution in [0.25, 0.3) is 0 Å². The van der Waals surface area contributed by atoms with Crippen LogP contribution in [0.2, 0.25) is 5.02 Å². The lowest BCUT2D eigenvalue weighted by Gasteiger charge is -2.09. The van der Waals surface area contributed by atoms with Crippen molar-refractivity contribution in [2.45, 2.75) is 6.54 Å². The minimum atomic E-state index is -0.233. The topological polar surface area (TPSA) is 70.6 Å². The van der Waals surface area contributed by atoms with E-state index in [2.05, 4.69) is 10.6 Å². The molecule has 128 valence electrons. The standard InChI is InChI=1S/C18H21ClN2O3/c19-17-7-2-1-6-16(17)18(23)21-15-5-3-4-14(12-15)13-20-8-10-24-11-9-22/h1-7,12,20,22H,8-11,13H2,(H,21,23). The van der Waals surface area contributed by atoms with Crippen molar-refractivity contribution in [3.63, 3.8) is 0 Å². The summed E-state index contributed by atoms with van der Waals surface area (Å²) in [5, 5.41) is 15.1. The van der Waals surface area contributed by atoms with E-state index in [0.717, 1.165) is 11.3 Å². The number of rotatable bonds is 9. The molecule has 0 radical (unpaired) electrons. The Morgan fingerprint density at radius 2 is 1.96 bits per heavy atom. The monoisotopic (exact) mass is 348 g/mol. The third-order valence-electron chi connectivity index (χ3n) is 3.29. The molecule has 2 aromatic rings. The fraction of sp³-hybridized carbons (Fsp3) is 0.278. The molecule has 0 heterocycles. The van der Waals surface area contributed by atoms with Gasteiger partial charge < -0.3 is 20.5 Å². The summed E-state index contributed by atoms with van der Waals surface area (Å²) in [6.45, 7) is 2.29. The van der Waals surface area contributed by atoms with Gasteiger partial charge in [0.1, 0.15) is 0 Å². The molecular formula is C18H21ClN2O3. The number of aliphatic hydroxyl groups is 1. The molecular weight excluding hydrogens is 328 g/mol. The Labute approximate surface area is 146 Å². The number of aliphatic hydroxyl groups excluding tert-OH is 1. The molecule has 0 saturated carbocycles. The first-order chi connectivity index (χ1) is 11.7. The number of carbonyl (C=O) groups excluding carboxylic acids is 1. The van der Waals surface area contributed by atoms with Crippen LogP contribution in [0.3, 0.4) is 0 Å². The van der Waals surface area contributed by atoms with Crippen LogP contribution in [0.15, 0.2) is 48.5 Å². The second-order valence-corrected chi connectivity index (χ2v) is 5.55. The van der Waals surface area contributed by atoms with Gasteiger partial charge in [0.15, 0.2) is 0 Å². The van der Waals surface area contributed by atoms with Gasteiger partial charge in [-0.15, -0.1) is 0 Å². The van der Waals surface area contributed by atoms with Gasteiger partial charge in [0, 0.05) is 18.8 Å². The van der Waals surface area contributed by atoms with E-state index in [-0.39, 0.29) is 12.5 Å². The zero-order valence-corrected chi connectivity index (χ0v) is 14.1. The van der Waals surface area contributed by atoms with Crippen molar-refractivity contribution in [2.24, 2.45) is 0 Å². The Morgan fingerprint density at radius 1 is 1.12 bits per heavy atom. The highest BCUT2D eigenvalue weighted by molar-refractivity contribution is 6.34. The molecule has 0 aliphatic carbocycles. The Hall–Kier alpha value is -1.92. The van der Waals surface area contributed by atoms with Gasteiger partial charge in [0.05, 0.1) is 30.4 Å². The minimum absolute atomic E-state index is 0.0349. The maximum Gasteiger partial charge on any atom is 0.257 e. The van der Waals surface area contributed by atoms with Gasteiger partial charge in [-0.05, 0) is 29.8 Å². The van der Waals surface area contributed by atoms with E-state index in [0.29, 0.717) is 36.9 Å². The maximum absolute atomic E-state index is 12.3. The molecule has 3 N–H and O–H groups in total. The summed E-state index contributed by atoms with van der Waals surface area (Å²) in [5.74, 6) is -0.233. The second-order valence-electron chi connectivity index (χ2n) is 5.15. The molecule has 6 heteroatoms. The molecule has 0 atom stereocenters. The van der Waals surface area contributed by atoms with Gasteiger partial charge in [-0.2, -0.15) is 0 Å². The van der Waals surface area contributed by atoms with Crippen molar-refractivity contribution in [2.75, 3.05) is 31.7 Å². The number of nitrogens with one attached hydrogen (secondary N) is 2. The summed E-state index contributed by atoms with van der Waals surface area (Å²) in [5.41, 5.74) is 2.22. The summed E-state index contributed by atoms with van der Waals surface area (Å²) >= 11 is 6.04. The van der Waals surface area contributed by atoms with E-state index in [1.165, 1.54) is 0 Å². The van der Waals surface area contributed by atoms with E-state index in [1.54, 1.807) is 24.3 Å². The predicted octanol–water partition coefficient (Wildman–Crippen LogP) is 2.69. The number of anilines is 1. The fourth-order valence-corrected chi connectivity index (χ4v) is 2.37. The van der Waals surface area contributed by atoms with Gasteiger partial charge in [-0.3, -0.25) is 4.79 Å². The number of halogens is 1. The van der Waals surface area contributed by atoms with E-state index in [4.69, 9.17) is 21.4 Å². The number of amides is 1. The normalized spacial score (nSPS) is 10.6. The van der Waals surface area contributed by atoms with Crippen LogP contribution < -0.4 is 10.6 Å². The van der Waals surface area contributed by atoms with E-state index in [9.17, 15) is 4.79 Å². The molecule has 5 nitrogen and oxygen atoms in total. The van der Waals surface area contributed by atoms with E-state index < -0.39 is 0 Å². The molecule has 0 aliphatic heterocycles. The quantitative estimate of drug-likeness (QED) is 0.609. The highest BCUT2D eigenvalue weighted by Crippen LogP contribution is 2.17. The number of benzene rings is 2. The molecule has 2 aromatic carbocycles. The number of hydrogen-bond acceptors (Lipinski definition) is 4. The fourth-order valence-electron chi connectivity index (χ4n) is 2.15. The Balaban J connectivity index is 1.86. The molecule has 1 amide bonds. The maximum atomic E-state index is 12.3. The van der Waals surface area contributed by atoms with Crippen LogP contribution in [-0.4, -0.2) is 37.4 Å². The third kappa shape index (κ3) is 5.94. The van der Waals surface area contributed by atoms with Gasteiger partial charge in [0.2, 0.25) is 0 Å². The smallest absolute Gasteiger partial charge is 0.257 e. The van der Waals surface area contributed by atoms with Gasteiger partial charge in [-0.1, -0.05) is 35.9 Å². The lowest BCUT2D eigenvalue weighted by Crippen LogP contribution is -2.20. The van der Waals surface area contributed by atoms with Gasteiger partial charge in [0.25, 0.3) is 5.91 Å². The molecule has 0 bridgehead atoms. The van der Waals surface area contributed by atoms with Crippen molar-refractivity contribution in [3.05, 3.63) is 64.7 Å². The number of ether oxygens (including phenoxy) is 1. The zero-order chi connectivity index (χ0) is 17.2. The van der Waals surface area contributed by atoms with Gasteiger partial charge in [-0.25, -0.2) is 0 Å². The van der Waals surface area contributed by atoms with Crippen LogP contribution in [0.1, 0.15) is 15.9 Å². The molecule has 0 aliphatic rings. The van der Waals surface area contributed by atoms with Crippen LogP contribution in [0, 0.1) is 0 Å². The summed E-state index contributed by atoms with van der Waals surface area (Å²) in [6, 6.07) is 14.6. The van der Waals surface area contributed by atoms with Crippen molar-refractivity contribution in [1.82, 2.24) is 5.32 Å². The molecule has 2 rings (SSSR count). The first kappa shape index (κ1) is 18.4. The number of hydrogen-bond donors (Lipinski definition) is 3. The summed E-state index contributed by atoms with van der Waals surface area (Å²) in [6.07, 6.45) is 0. The third-order valence-corrected chi connectivity index (χ3v) is 3.62.